The van der Waals surface area contributed by atoms with Gasteiger partial charge in [0.05, 0.1) is 24.9 Å². The number of aromatic nitrogens is 1. The fourth-order valence-corrected chi connectivity index (χ4v) is 3.48. The van der Waals surface area contributed by atoms with Crippen molar-refractivity contribution in [1.29, 1.82) is 0 Å². The largest absolute Gasteiger partial charge is 0.493 e. The topological polar surface area (TPSA) is 60.5 Å². The molecular formula is C20H20N2O3S. The lowest BCUT2D eigenvalue weighted by molar-refractivity contribution is 0.0955. The zero-order chi connectivity index (χ0) is 18.5. The van der Waals surface area contributed by atoms with Crippen LogP contribution in [0.25, 0.3) is 11.3 Å². The molecule has 0 aliphatic rings. The van der Waals surface area contributed by atoms with E-state index in [4.69, 9.17) is 9.47 Å². The molecule has 134 valence electrons. The van der Waals surface area contributed by atoms with Crippen LogP contribution in [0, 0.1) is 6.92 Å². The molecule has 1 amide bonds. The van der Waals surface area contributed by atoms with E-state index >= 15 is 0 Å². The van der Waals surface area contributed by atoms with E-state index in [0.717, 1.165) is 21.8 Å². The standard InChI is InChI=1S/C20H20N2O3S/c1-13-22-18(15-7-5-4-6-8-15)19(26-13)20(23)21-12-14-9-10-16(24-2)17(11-14)25-3/h4-11H,12H2,1-3H3,(H,21,23). The van der Waals surface area contributed by atoms with Crippen molar-refractivity contribution in [1.82, 2.24) is 10.3 Å². The lowest BCUT2D eigenvalue weighted by Gasteiger charge is -2.10. The summed E-state index contributed by atoms with van der Waals surface area (Å²) in [5, 5.41) is 3.82. The molecule has 3 aromatic rings. The van der Waals surface area contributed by atoms with Crippen molar-refractivity contribution in [3.05, 3.63) is 64.0 Å². The van der Waals surface area contributed by atoms with Gasteiger partial charge in [0.15, 0.2) is 11.5 Å². The van der Waals surface area contributed by atoms with E-state index in [1.165, 1.54) is 11.3 Å². The van der Waals surface area contributed by atoms with Crippen molar-refractivity contribution >= 4 is 17.2 Å². The van der Waals surface area contributed by atoms with Gasteiger partial charge in [0, 0.05) is 12.1 Å². The van der Waals surface area contributed by atoms with Crippen LogP contribution in [-0.4, -0.2) is 25.1 Å². The summed E-state index contributed by atoms with van der Waals surface area (Å²) < 4.78 is 10.5. The minimum atomic E-state index is -0.135. The van der Waals surface area contributed by atoms with Crippen LogP contribution in [0.1, 0.15) is 20.2 Å². The molecule has 1 N–H and O–H groups in total. The van der Waals surface area contributed by atoms with Gasteiger partial charge in [-0.1, -0.05) is 36.4 Å². The summed E-state index contributed by atoms with van der Waals surface area (Å²) in [6.45, 7) is 2.30. The van der Waals surface area contributed by atoms with Crippen LogP contribution in [0.15, 0.2) is 48.5 Å². The monoisotopic (exact) mass is 368 g/mol. The molecule has 0 saturated carbocycles. The molecule has 1 heterocycles. The second kappa shape index (κ2) is 8.01. The second-order valence-electron chi connectivity index (χ2n) is 5.65. The Kier molecular flexibility index (Phi) is 5.53. The summed E-state index contributed by atoms with van der Waals surface area (Å²) in [6.07, 6.45) is 0. The minimum Gasteiger partial charge on any atom is -0.493 e. The molecule has 0 aliphatic carbocycles. The highest BCUT2D eigenvalue weighted by atomic mass is 32.1. The molecule has 0 spiro atoms. The van der Waals surface area contributed by atoms with Crippen molar-refractivity contribution in [3.63, 3.8) is 0 Å². The highest BCUT2D eigenvalue weighted by Crippen LogP contribution is 2.29. The predicted molar refractivity (Wildman–Crippen MR) is 103 cm³/mol. The van der Waals surface area contributed by atoms with E-state index in [2.05, 4.69) is 10.3 Å². The van der Waals surface area contributed by atoms with E-state index in [9.17, 15) is 4.79 Å². The minimum absolute atomic E-state index is 0.135. The SMILES string of the molecule is COc1ccc(CNC(=O)c2sc(C)nc2-c2ccccc2)cc1OC. The molecule has 0 bridgehead atoms. The van der Waals surface area contributed by atoms with Gasteiger partial charge in [-0.25, -0.2) is 4.98 Å². The maximum Gasteiger partial charge on any atom is 0.263 e. The van der Waals surface area contributed by atoms with Crippen molar-refractivity contribution < 1.29 is 14.3 Å². The summed E-state index contributed by atoms with van der Waals surface area (Å²) in [5.74, 6) is 1.16. The first-order chi connectivity index (χ1) is 12.6. The van der Waals surface area contributed by atoms with Gasteiger partial charge in [-0.2, -0.15) is 0 Å². The summed E-state index contributed by atoms with van der Waals surface area (Å²) in [4.78, 5) is 17.9. The number of methoxy groups -OCH3 is 2. The Bertz CT molecular complexity index is 907. The van der Waals surface area contributed by atoms with Crippen LogP contribution < -0.4 is 14.8 Å². The summed E-state index contributed by atoms with van der Waals surface area (Å²) in [5.41, 5.74) is 2.59. The molecule has 2 aromatic carbocycles. The van der Waals surface area contributed by atoms with Crippen LogP contribution in [0.2, 0.25) is 0 Å². The van der Waals surface area contributed by atoms with Crippen molar-refractivity contribution in [2.75, 3.05) is 14.2 Å². The number of aryl methyl sites for hydroxylation is 1. The van der Waals surface area contributed by atoms with Gasteiger partial charge in [-0.3, -0.25) is 4.79 Å². The third-order valence-electron chi connectivity index (χ3n) is 3.89. The average molecular weight is 368 g/mol. The third-order valence-corrected chi connectivity index (χ3v) is 4.86. The number of hydrogen-bond donors (Lipinski definition) is 1. The van der Waals surface area contributed by atoms with Crippen LogP contribution in [0.4, 0.5) is 0 Å². The van der Waals surface area contributed by atoms with Crippen molar-refractivity contribution in [3.8, 4) is 22.8 Å². The molecule has 26 heavy (non-hydrogen) atoms. The lowest BCUT2D eigenvalue weighted by atomic mass is 10.1. The number of benzene rings is 2. The highest BCUT2D eigenvalue weighted by Gasteiger charge is 2.18. The molecule has 0 fully saturated rings. The zero-order valence-electron chi connectivity index (χ0n) is 14.9. The van der Waals surface area contributed by atoms with Gasteiger partial charge < -0.3 is 14.8 Å². The number of rotatable bonds is 6. The second-order valence-corrected chi connectivity index (χ2v) is 6.85. The molecule has 6 heteroatoms. The predicted octanol–water partition coefficient (Wildman–Crippen LogP) is 4.07. The van der Waals surface area contributed by atoms with E-state index in [-0.39, 0.29) is 5.91 Å². The molecule has 0 saturated heterocycles. The molecule has 5 nitrogen and oxygen atoms in total. The Balaban J connectivity index is 1.77. The number of thiazole rings is 1. The van der Waals surface area contributed by atoms with E-state index in [0.29, 0.717) is 22.9 Å². The normalized spacial score (nSPS) is 10.4. The highest BCUT2D eigenvalue weighted by molar-refractivity contribution is 7.14. The first-order valence-electron chi connectivity index (χ1n) is 8.14. The maximum atomic E-state index is 12.7. The molecular weight excluding hydrogens is 348 g/mol. The molecule has 3 rings (SSSR count). The van der Waals surface area contributed by atoms with Crippen LogP contribution in [-0.2, 0) is 6.54 Å². The average Bonchev–Trinajstić information content (AvgIpc) is 3.08. The summed E-state index contributed by atoms with van der Waals surface area (Å²) >= 11 is 1.40. The smallest absolute Gasteiger partial charge is 0.263 e. The Hall–Kier alpha value is -2.86. The Morgan fingerprint density at radius 3 is 2.50 bits per heavy atom. The number of amides is 1. The Morgan fingerprint density at radius 1 is 1.08 bits per heavy atom. The van der Waals surface area contributed by atoms with Gasteiger partial charge in [0.2, 0.25) is 0 Å². The van der Waals surface area contributed by atoms with Crippen LogP contribution >= 0.6 is 11.3 Å². The zero-order valence-corrected chi connectivity index (χ0v) is 15.7. The number of nitrogens with zero attached hydrogens (tertiary/aromatic N) is 1. The molecule has 0 atom stereocenters. The third kappa shape index (κ3) is 3.86. The molecule has 1 aromatic heterocycles. The molecule has 0 unspecified atom stereocenters. The van der Waals surface area contributed by atoms with Gasteiger partial charge in [0.1, 0.15) is 4.88 Å². The van der Waals surface area contributed by atoms with Crippen molar-refractivity contribution in [2.24, 2.45) is 0 Å². The molecule has 0 radical (unpaired) electrons. The first-order valence-corrected chi connectivity index (χ1v) is 8.96. The van der Waals surface area contributed by atoms with Crippen molar-refractivity contribution in [2.45, 2.75) is 13.5 Å². The fourth-order valence-electron chi connectivity index (χ4n) is 2.63. The van der Waals surface area contributed by atoms with E-state index in [1.54, 1.807) is 14.2 Å². The van der Waals surface area contributed by atoms with E-state index in [1.807, 2.05) is 55.5 Å². The first kappa shape index (κ1) is 17.9. The van der Waals surface area contributed by atoms with Gasteiger partial charge in [0.25, 0.3) is 5.91 Å². The van der Waals surface area contributed by atoms with Gasteiger partial charge in [-0.05, 0) is 24.6 Å². The quantitative estimate of drug-likeness (QED) is 0.713. The number of nitrogens with one attached hydrogen (secondary N) is 1. The van der Waals surface area contributed by atoms with Gasteiger partial charge >= 0.3 is 0 Å². The number of carbonyl (C=O) groups excluding carboxylic acids is 1. The Morgan fingerprint density at radius 2 is 1.81 bits per heavy atom. The lowest BCUT2D eigenvalue weighted by Crippen LogP contribution is -2.22. The number of ether oxygens (including phenoxy) is 2. The summed E-state index contributed by atoms with van der Waals surface area (Å²) in [7, 11) is 3.18. The Labute approximate surface area is 156 Å². The summed E-state index contributed by atoms with van der Waals surface area (Å²) in [6, 6.07) is 15.3. The number of hydrogen-bond acceptors (Lipinski definition) is 5. The van der Waals surface area contributed by atoms with E-state index < -0.39 is 0 Å². The fraction of sp³-hybridized carbons (Fsp3) is 0.200. The van der Waals surface area contributed by atoms with Crippen LogP contribution in [0.3, 0.4) is 0 Å². The number of carbonyl (C=O) groups is 1. The van der Waals surface area contributed by atoms with Gasteiger partial charge in [-0.15, -0.1) is 11.3 Å². The maximum absolute atomic E-state index is 12.7. The van der Waals surface area contributed by atoms with Crippen LogP contribution in [0.5, 0.6) is 11.5 Å². The molecule has 0 aliphatic heterocycles.